The summed E-state index contributed by atoms with van der Waals surface area (Å²) in [5, 5.41) is 9.32. The maximum absolute atomic E-state index is 9.32. The Hall–Kier alpha value is 1.40. The van der Waals surface area contributed by atoms with Crippen LogP contribution in [0.2, 0.25) is 0 Å². The van der Waals surface area contributed by atoms with Crippen LogP contribution in [0.5, 0.6) is 0 Å². The summed E-state index contributed by atoms with van der Waals surface area (Å²) < 4.78 is -0.386. The van der Waals surface area contributed by atoms with Crippen molar-refractivity contribution in [1.29, 1.82) is 0 Å². The molecule has 0 saturated heterocycles. The highest BCUT2D eigenvalue weighted by atomic mass is 79.9. The van der Waals surface area contributed by atoms with Crippen LogP contribution in [0.1, 0.15) is 13.8 Å². The SMILES string of the molecule is CC(Br)C(O)C(C)(Br)Br. The summed E-state index contributed by atoms with van der Waals surface area (Å²) in [5.74, 6) is 0. The van der Waals surface area contributed by atoms with Crippen molar-refractivity contribution in [2.45, 2.75) is 28.0 Å². The van der Waals surface area contributed by atoms with Crippen LogP contribution in [0.4, 0.5) is 0 Å². The predicted molar refractivity (Wildman–Crippen MR) is 50.7 cm³/mol. The summed E-state index contributed by atoms with van der Waals surface area (Å²) in [6.45, 7) is 3.75. The first-order valence-electron chi connectivity index (χ1n) is 2.55. The number of aliphatic hydroxyl groups excluding tert-OH is 1. The molecular formula is C5H9Br3O. The molecule has 0 rings (SSSR count). The smallest absolute Gasteiger partial charge is 0.105 e. The van der Waals surface area contributed by atoms with Gasteiger partial charge in [0, 0.05) is 4.83 Å². The van der Waals surface area contributed by atoms with Crippen molar-refractivity contribution in [3.63, 3.8) is 0 Å². The van der Waals surface area contributed by atoms with Gasteiger partial charge in [-0.2, -0.15) is 0 Å². The number of aliphatic hydroxyl groups is 1. The van der Waals surface area contributed by atoms with Gasteiger partial charge in [0.05, 0.1) is 6.10 Å². The van der Waals surface area contributed by atoms with E-state index in [2.05, 4.69) is 47.8 Å². The molecule has 0 spiro atoms. The van der Waals surface area contributed by atoms with Gasteiger partial charge in [0.2, 0.25) is 0 Å². The number of hydrogen-bond donors (Lipinski definition) is 1. The van der Waals surface area contributed by atoms with E-state index in [1.165, 1.54) is 0 Å². The molecule has 0 aliphatic heterocycles. The topological polar surface area (TPSA) is 20.2 Å². The second-order valence-corrected chi connectivity index (χ2v) is 7.88. The van der Waals surface area contributed by atoms with E-state index in [1.54, 1.807) is 0 Å². The van der Waals surface area contributed by atoms with Crippen molar-refractivity contribution >= 4 is 47.8 Å². The van der Waals surface area contributed by atoms with Crippen LogP contribution in [0, 0.1) is 0 Å². The number of rotatable bonds is 2. The molecule has 0 bridgehead atoms. The zero-order valence-electron chi connectivity index (χ0n) is 5.24. The van der Waals surface area contributed by atoms with Gasteiger partial charge in [-0.1, -0.05) is 54.7 Å². The van der Waals surface area contributed by atoms with Crippen molar-refractivity contribution in [3.8, 4) is 0 Å². The highest BCUT2D eigenvalue weighted by molar-refractivity contribution is 9.25. The van der Waals surface area contributed by atoms with Crippen LogP contribution in [-0.4, -0.2) is 19.3 Å². The molecule has 9 heavy (non-hydrogen) atoms. The minimum atomic E-state index is -0.433. The summed E-state index contributed by atoms with van der Waals surface area (Å²) in [6.07, 6.45) is -0.433. The van der Waals surface area contributed by atoms with Crippen LogP contribution in [-0.2, 0) is 0 Å². The fraction of sp³-hybridized carbons (Fsp3) is 1.00. The van der Waals surface area contributed by atoms with Gasteiger partial charge < -0.3 is 5.11 Å². The van der Waals surface area contributed by atoms with E-state index in [0.29, 0.717) is 0 Å². The zero-order valence-corrected chi connectivity index (χ0v) is 9.99. The minimum absolute atomic E-state index is 0.0845. The van der Waals surface area contributed by atoms with Crippen molar-refractivity contribution in [1.82, 2.24) is 0 Å². The van der Waals surface area contributed by atoms with Crippen LogP contribution < -0.4 is 0 Å². The monoisotopic (exact) mass is 322 g/mol. The van der Waals surface area contributed by atoms with E-state index in [0.717, 1.165) is 0 Å². The molecule has 1 N–H and O–H groups in total. The van der Waals surface area contributed by atoms with Crippen LogP contribution in [0.3, 0.4) is 0 Å². The predicted octanol–water partition coefficient (Wildman–Crippen LogP) is 2.64. The quantitative estimate of drug-likeness (QED) is 0.774. The largest absolute Gasteiger partial charge is 0.390 e. The van der Waals surface area contributed by atoms with Crippen molar-refractivity contribution in [3.05, 3.63) is 0 Å². The van der Waals surface area contributed by atoms with Gasteiger partial charge in [0.25, 0.3) is 0 Å². The lowest BCUT2D eigenvalue weighted by atomic mass is 10.2. The van der Waals surface area contributed by atoms with Crippen molar-refractivity contribution < 1.29 is 5.11 Å². The molecule has 0 saturated carbocycles. The molecule has 0 aromatic heterocycles. The number of alkyl halides is 3. The summed E-state index contributed by atoms with van der Waals surface area (Å²) in [4.78, 5) is 0.0845. The molecule has 4 heteroatoms. The summed E-state index contributed by atoms with van der Waals surface area (Å²) in [6, 6.07) is 0. The average molecular weight is 325 g/mol. The third-order valence-corrected chi connectivity index (χ3v) is 2.39. The first kappa shape index (κ1) is 10.4. The van der Waals surface area contributed by atoms with Gasteiger partial charge in [0.1, 0.15) is 3.23 Å². The van der Waals surface area contributed by atoms with E-state index in [-0.39, 0.29) is 8.06 Å². The normalized spacial score (nSPS) is 19.3. The zero-order chi connectivity index (χ0) is 7.65. The van der Waals surface area contributed by atoms with Gasteiger partial charge in [-0.25, -0.2) is 0 Å². The molecule has 0 amide bonds. The Morgan fingerprint density at radius 1 is 1.44 bits per heavy atom. The molecule has 0 fully saturated rings. The molecule has 0 radical (unpaired) electrons. The van der Waals surface area contributed by atoms with Crippen molar-refractivity contribution in [2.24, 2.45) is 0 Å². The van der Waals surface area contributed by atoms with E-state index >= 15 is 0 Å². The maximum Gasteiger partial charge on any atom is 0.105 e. The molecule has 1 nitrogen and oxygen atoms in total. The highest BCUT2D eigenvalue weighted by Crippen LogP contribution is 2.32. The van der Waals surface area contributed by atoms with E-state index in [4.69, 9.17) is 0 Å². The number of halogens is 3. The fourth-order valence-corrected chi connectivity index (χ4v) is 2.43. The van der Waals surface area contributed by atoms with Gasteiger partial charge in [-0.15, -0.1) is 0 Å². The van der Waals surface area contributed by atoms with E-state index in [1.807, 2.05) is 13.8 Å². The van der Waals surface area contributed by atoms with E-state index < -0.39 is 6.10 Å². The molecule has 0 aliphatic carbocycles. The number of hydrogen-bond acceptors (Lipinski definition) is 1. The van der Waals surface area contributed by atoms with Crippen LogP contribution >= 0.6 is 47.8 Å². The summed E-state index contributed by atoms with van der Waals surface area (Å²) >= 11 is 9.83. The van der Waals surface area contributed by atoms with Crippen LogP contribution in [0.25, 0.3) is 0 Å². The molecule has 0 aromatic carbocycles. The first-order valence-corrected chi connectivity index (χ1v) is 5.06. The minimum Gasteiger partial charge on any atom is -0.390 e. The lowest BCUT2D eigenvalue weighted by Gasteiger charge is -2.23. The third-order valence-electron chi connectivity index (χ3n) is 0.954. The standard InChI is InChI=1S/C5H9Br3O/c1-3(6)4(9)5(2,7)8/h3-4,9H,1-2H3. The van der Waals surface area contributed by atoms with Gasteiger partial charge in [-0.3, -0.25) is 0 Å². The lowest BCUT2D eigenvalue weighted by molar-refractivity contribution is 0.173. The Morgan fingerprint density at radius 2 is 1.78 bits per heavy atom. The van der Waals surface area contributed by atoms with Gasteiger partial charge >= 0.3 is 0 Å². The van der Waals surface area contributed by atoms with E-state index in [9.17, 15) is 5.11 Å². The Bertz CT molecular complexity index is 86.7. The van der Waals surface area contributed by atoms with Gasteiger partial charge in [-0.05, 0) is 6.92 Å². The fourth-order valence-electron chi connectivity index (χ4n) is 0.403. The highest BCUT2D eigenvalue weighted by Gasteiger charge is 2.29. The second kappa shape index (κ2) is 3.69. The first-order chi connectivity index (χ1) is 3.85. The summed E-state index contributed by atoms with van der Waals surface area (Å²) in [5.41, 5.74) is 0. The molecule has 0 aliphatic rings. The molecular weight excluding hydrogens is 316 g/mol. The third kappa shape index (κ3) is 3.96. The van der Waals surface area contributed by atoms with Crippen molar-refractivity contribution in [2.75, 3.05) is 0 Å². The second-order valence-electron chi connectivity index (χ2n) is 2.08. The molecule has 56 valence electrons. The Kier molecular flexibility index (Phi) is 4.27. The Balaban J connectivity index is 3.88. The Morgan fingerprint density at radius 3 is 1.78 bits per heavy atom. The van der Waals surface area contributed by atoms with Crippen LogP contribution in [0.15, 0.2) is 0 Å². The molecule has 0 heterocycles. The average Bonchev–Trinajstić information content (AvgIpc) is 1.62. The molecule has 0 aromatic rings. The lowest BCUT2D eigenvalue weighted by Crippen LogP contribution is -2.33. The molecule has 2 unspecified atom stereocenters. The maximum atomic E-state index is 9.32. The Labute approximate surface area is 80.6 Å². The molecule has 2 atom stereocenters. The van der Waals surface area contributed by atoms with Gasteiger partial charge in [0.15, 0.2) is 0 Å². The summed E-state index contributed by atoms with van der Waals surface area (Å²) in [7, 11) is 0.